The molecule has 1 aliphatic rings. The van der Waals surface area contributed by atoms with Gasteiger partial charge in [-0.15, -0.1) is 16.4 Å². The number of carbonyl (C=O) groups is 1. The lowest BCUT2D eigenvalue weighted by molar-refractivity contribution is -0.118. The molecule has 136 valence electrons. The maximum absolute atomic E-state index is 13.0. The lowest BCUT2D eigenvalue weighted by atomic mass is 9.97. The largest absolute Gasteiger partial charge is 0.368 e. The van der Waals surface area contributed by atoms with E-state index in [2.05, 4.69) is 15.1 Å². The van der Waals surface area contributed by atoms with Crippen molar-refractivity contribution in [3.63, 3.8) is 0 Å². The van der Waals surface area contributed by atoms with E-state index in [0.717, 1.165) is 41.5 Å². The monoisotopic (exact) mass is 380 g/mol. The molecule has 27 heavy (non-hydrogen) atoms. The summed E-state index contributed by atoms with van der Waals surface area (Å²) in [7, 11) is 0. The summed E-state index contributed by atoms with van der Waals surface area (Å²) in [5.41, 5.74) is 7.48. The lowest BCUT2D eigenvalue weighted by Crippen LogP contribution is -2.32. The van der Waals surface area contributed by atoms with Crippen molar-refractivity contribution in [2.75, 3.05) is 0 Å². The fourth-order valence-corrected chi connectivity index (χ4v) is 5.07. The molecule has 0 bridgehead atoms. The van der Waals surface area contributed by atoms with Crippen molar-refractivity contribution in [3.8, 4) is 11.4 Å². The van der Waals surface area contributed by atoms with E-state index in [9.17, 15) is 9.59 Å². The predicted molar refractivity (Wildman–Crippen MR) is 102 cm³/mol. The van der Waals surface area contributed by atoms with E-state index in [1.807, 2.05) is 6.07 Å². The first-order chi connectivity index (χ1) is 13.1. The molecule has 0 aromatic carbocycles. The highest BCUT2D eigenvalue weighted by atomic mass is 32.1. The number of aromatic nitrogens is 5. The molecule has 9 heteroatoms. The predicted octanol–water partition coefficient (Wildman–Crippen LogP) is 1.53. The minimum Gasteiger partial charge on any atom is -0.368 e. The van der Waals surface area contributed by atoms with Gasteiger partial charge in [0.1, 0.15) is 11.4 Å². The van der Waals surface area contributed by atoms with Gasteiger partial charge < -0.3 is 5.73 Å². The highest BCUT2D eigenvalue weighted by molar-refractivity contribution is 7.19. The summed E-state index contributed by atoms with van der Waals surface area (Å²) in [5, 5.41) is 5.33. The summed E-state index contributed by atoms with van der Waals surface area (Å²) in [5.74, 6) is -0.120. The Kier molecular flexibility index (Phi) is 3.57. The van der Waals surface area contributed by atoms with Crippen LogP contribution >= 0.6 is 11.3 Å². The van der Waals surface area contributed by atoms with Crippen LogP contribution in [0, 0.1) is 0 Å². The Morgan fingerprint density at radius 2 is 2.15 bits per heavy atom. The van der Waals surface area contributed by atoms with Gasteiger partial charge in [0, 0.05) is 22.8 Å². The Balaban J connectivity index is 1.89. The minimum atomic E-state index is -0.559. The van der Waals surface area contributed by atoms with Crippen LogP contribution in [-0.2, 0) is 24.2 Å². The molecule has 8 nitrogen and oxygen atoms in total. The van der Waals surface area contributed by atoms with Gasteiger partial charge in [0.25, 0.3) is 0 Å². The average Bonchev–Trinajstić information content (AvgIpc) is 3.27. The molecule has 0 saturated carbocycles. The molecule has 0 unspecified atom stereocenters. The van der Waals surface area contributed by atoms with Crippen LogP contribution in [0.15, 0.2) is 29.3 Å². The molecular formula is C18H16N6O2S. The van der Waals surface area contributed by atoms with Crippen LogP contribution in [-0.4, -0.2) is 30.1 Å². The number of nitrogens with two attached hydrogens (primary N) is 1. The lowest BCUT2D eigenvalue weighted by Gasteiger charge is -2.10. The van der Waals surface area contributed by atoms with E-state index in [-0.39, 0.29) is 6.54 Å². The molecule has 5 rings (SSSR count). The molecule has 1 amide bonds. The van der Waals surface area contributed by atoms with Crippen LogP contribution in [0.4, 0.5) is 0 Å². The SMILES string of the molecule is NC(=O)Cn1c(=O)n2nc(-c3cccnc3)nc2c2c3c(sc21)CCCC3. The molecule has 4 heterocycles. The van der Waals surface area contributed by atoms with Gasteiger partial charge in [-0.25, -0.2) is 9.78 Å². The Morgan fingerprint density at radius 1 is 1.30 bits per heavy atom. The zero-order valence-corrected chi connectivity index (χ0v) is 15.2. The second kappa shape index (κ2) is 5.98. The maximum atomic E-state index is 13.0. The van der Waals surface area contributed by atoms with E-state index in [1.165, 1.54) is 19.5 Å². The number of primary amides is 1. The van der Waals surface area contributed by atoms with Crippen molar-refractivity contribution in [1.82, 2.24) is 24.1 Å². The van der Waals surface area contributed by atoms with Gasteiger partial charge in [-0.2, -0.15) is 4.52 Å². The van der Waals surface area contributed by atoms with Gasteiger partial charge in [0.15, 0.2) is 11.5 Å². The zero-order valence-electron chi connectivity index (χ0n) is 14.4. The van der Waals surface area contributed by atoms with Crippen molar-refractivity contribution in [3.05, 3.63) is 45.5 Å². The normalized spacial score (nSPS) is 13.9. The first-order valence-corrected chi connectivity index (χ1v) is 9.57. The fourth-order valence-electron chi connectivity index (χ4n) is 3.69. The van der Waals surface area contributed by atoms with Crippen LogP contribution in [0.1, 0.15) is 23.3 Å². The van der Waals surface area contributed by atoms with Crippen molar-refractivity contribution >= 4 is 33.1 Å². The number of hydrogen-bond acceptors (Lipinski definition) is 6. The summed E-state index contributed by atoms with van der Waals surface area (Å²) in [6, 6.07) is 3.65. The summed E-state index contributed by atoms with van der Waals surface area (Å²) < 4.78 is 2.71. The molecule has 0 atom stereocenters. The highest BCUT2D eigenvalue weighted by Gasteiger charge is 2.24. The summed E-state index contributed by atoms with van der Waals surface area (Å²) in [4.78, 5) is 35.4. The van der Waals surface area contributed by atoms with Crippen LogP contribution in [0.5, 0.6) is 0 Å². The van der Waals surface area contributed by atoms with Gasteiger partial charge in [0.2, 0.25) is 5.91 Å². The maximum Gasteiger partial charge on any atom is 0.352 e. The molecule has 2 N–H and O–H groups in total. The van der Waals surface area contributed by atoms with Crippen molar-refractivity contribution in [1.29, 1.82) is 0 Å². The highest BCUT2D eigenvalue weighted by Crippen LogP contribution is 2.37. The Hall–Kier alpha value is -3.07. The minimum absolute atomic E-state index is 0.174. The molecule has 1 aliphatic carbocycles. The van der Waals surface area contributed by atoms with Gasteiger partial charge in [-0.1, -0.05) is 0 Å². The summed E-state index contributed by atoms with van der Waals surface area (Å²) >= 11 is 1.56. The molecule has 0 fully saturated rings. The van der Waals surface area contributed by atoms with E-state index >= 15 is 0 Å². The molecule has 0 radical (unpaired) electrons. The Morgan fingerprint density at radius 3 is 2.93 bits per heavy atom. The van der Waals surface area contributed by atoms with Crippen molar-refractivity contribution in [2.45, 2.75) is 32.2 Å². The second-order valence-corrected chi connectivity index (χ2v) is 7.72. The number of thiophene rings is 1. The first kappa shape index (κ1) is 16.1. The number of pyridine rings is 1. The first-order valence-electron chi connectivity index (χ1n) is 8.76. The number of aryl methyl sites for hydroxylation is 2. The molecule has 0 aliphatic heterocycles. The number of fused-ring (bicyclic) bond motifs is 5. The van der Waals surface area contributed by atoms with Crippen LogP contribution < -0.4 is 11.4 Å². The van der Waals surface area contributed by atoms with Gasteiger partial charge in [-0.05, 0) is 43.4 Å². The van der Waals surface area contributed by atoms with Crippen LogP contribution in [0.2, 0.25) is 0 Å². The average molecular weight is 380 g/mol. The Labute approximate surface area is 157 Å². The second-order valence-electron chi connectivity index (χ2n) is 6.64. The third kappa shape index (κ3) is 2.46. The molecule has 0 spiro atoms. The topological polar surface area (TPSA) is 108 Å². The Bertz CT molecular complexity index is 1250. The zero-order chi connectivity index (χ0) is 18.5. The van der Waals surface area contributed by atoms with Crippen LogP contribution in [0.3, 0.4) is 0 Å². The smallest absolute Gasteiger partial charge is 0.352 e. The third-order valence-corrected chi connectivity index (χ3v) is 6.19. The summed E-state index contributed by atoms with van der Waals surface area (Å²) in [6.45, 7) is -0.174. The van der Waals surface area contributed by atoms with Gasteiger partial charge >= 0.3 is 5.69 Å². The third-order valence-electron chi connectivity index (χ3n) is 4.87. The summed E-state index contributed by atoms with van der Waals surface area (Å²) in [6.07, 6.45) is 7.49. The quantitative estimate of drug-likeness (QED) is 0.580. The fraction of sp³-hybridized carbons (Fsp3) is 0.278. The van der Waals surface area contributed by atoms with Gasteiger partial charge in [0.05, 0.1) is 5.39 Å². The van der Waals surface area contributed by atoms with Crippen LogP contribution in [0.25, 0.3) is 27.3 Å². The van der Waals surface area contributed by atoms with E-state index in [4.69, 9.17) is 5.73 Å². The molecular weight excluding hydrogens is 364 g/mol. The van der Waals surface area contributed by atoms with E-state index in [0.29, 0.717) is 11.5 Å². The standard InChI is InChI=1S/C18H16N6O2S/c19-13(25)9-23-17-14(11-5-1-2-6-12(11)27-17)16-21-15(22-24(16)18(23)26)10-4-3-7-20-8-10/h3-4,7-8H,1-2,5-6,9H2,(H2,19,25). The number of carbonyl (C=O) groups excluding carboxylic acids is 1. The molecule has 0 saturated heterocycles. The number of hydrogen-bond donors (Lipinski definition) is 1. The molecule has 4 aromatic rings. The van der Waals surface area contributed by atoms with E-state index < -0.39 is 11.6 Å². The number of nitrogens with zero attached hydrogens (tertiary/aromatic N) is 5. The van der Waals surface area contributed by atoms with Crippen molar-refractivity contribution in [2.24, 2.45) is 5.73 Å². The number of amides is 1. The molecule has 4 aromatic heterocycles. The van der Waals surface area contributed by atoms with Gasteiger partial charge in [-0.3, -0.25) is 14.3 Å². The van der Waals surface area contributed by atoms with E-state index in [1.54, 1.807) is 29.8 Å². The number of rotatable bonds is 3. The van der Waals surface area contributed by atoms with Crippen molar-refractivity contribution < 1.29 is 4.79 Å².